The van der Waals surface area contributed by atoms with Gasteiger partial charge in [0.15, 0.2) is 0 Å². The molecule has 3 rings (SSSR count). The minimum atomic E-state index is 0.138. The van der Waals surface area contributed by atoms with Crippen LogP contribution in [0.4, 0.5) is 0 Å². The van der Waals surface area contributed by atoms with Crippen LogP contribution < -0.4 is 0 Å². The molecule has 0 unspecified atom stereocenters. The fraction of sp³-hybridized carbons (Fsp3) is 0.409. The first kappa shape index (κ1) is 18.4. The molecule has 0 spiro atoms. The third kappa shape index (κ3) is 3.35. The molecule has 0 saturated heterocycles. The predicted octanol–water partition coefficient (Wildman–Crippen LogP) is 6.18. The van der Waals surface area contributed by atoms with E-state index in [0.29, 0.717) is 5.71 Å². The molecule has 1 aliphatic rings. The summed E-state index contributed by atoms with van der Waals surface area (Å²) in [6.45, 7) is 11.4. The summed E-state index contributed by atoms with van der Waals surface area (Å²) in [5, 5.41) is 13.4. The third-order valence-electron chi connectivity index (χ3n) is 5.65. The quantitative estimate of drug-likeness (QED) is 0.254. The Morgan fingerprint density at radius 1 is 1.00 bits per heavy atom. The Morgan fingerprint density at radius 2 is 1.60 bits per heavy atom. The summed E-state index contributed by atoms with van der Waals surface area (Å²) >= 11 is 2.29. The lowest BCUT2D eigenvalue weighted by Gasteiger charge is -2.42. The standard InChI is InChI=1S/C22H26INO/c1-14-11-18-19(22(4,5)10-9-21(18,2)3)13-17(14)20(24-25)15-7-6-8-16(23)12-15/h6-8,11-13,25H,9-10H2,1-5H3/b24-20+. The molecular weight excluding hydrogens is 421 g/mol. The molecule has 2 aromatic rings. The molecule has 0 bridgehead atoms. The summed E-state index contributed by atoms with van der Waals surface area (Å²) < 4.78 is 1.13. The summed E-state index contributed by atoms with van der Waals surface area (Å²) in [5.74, 6) is 0. The number of nitrogens with zero attached hydrogens (tertiary/aromatic N) is 1. The van der Waals surface area contributed by atoms with Crippen LogP contribution >= 0.6 is 22.6 Å². The second-order valence-electron chi connectivity index (χ2n) is 8.44. The Hall–Kier alpha value is -1.36. The predicted molar refractivity (Wildman–Crippen MR) is 113 cm³/mol. The van der Waals surface area contributed by atoms with Crippen molar-refractivity contribution in [1.29, 1.82) is 0 Å². The van der Waals surface area contributed by atoms with Crippen LogP contribution in [0.15, 0.2) is 41.6 Å². The lowest BCUT2D eigenvalue weighted by Crippen LogP contribution is -2.34. The van der Waals surface area contributed by atoms with Gasteiger partial charge in [0, 0.05) is 14.7 Å². The SMILES string of the molecule is Cc1cc2c(cc1/C(=N/O)c1cccc(I)c1)C(C)(C)CCC2(C)C. The highest BCUT2D eigenvalue weighted by Gasteiger charge is 2.37. The molecule has 0 radical (unpaired) electrons. The highest BCUT2D eigenvalue weighted by Crippen LogP contribution is 2.46. The molecule has 132 valence electrons. The topological polar surface area (TPSA) is 32.6 Å². The molecule has 2 aromatic carbocycles. The number of oxime groups is 1. The number of rotatable bonds is 2. The van der Waals surface area contributed by atoms with Gasteiger partial charge in [-0.3, -0.25) is 0 Å². The highest BCUT2D eigenvalue weighted by molar-refractivity contribution is 14.1. The number of benzene rings is 2. The van der Waals surface area contributed by atoms with Crippen molar-refractivity contribution in [3.8, 4) is 0 Å². The van der Waals surface area contributed by atoms with Gasteiger partial charge in [-0.25, -0.2) is 0 Å². The van der Waals surface area contributed by atoms with E-state index in [-0.39, 0.29) is 10.8 Å². The molecule has 0 aromatic heterocycles. The highest BCUT2D eigenvalue weighted by atomic mass is 127. The number of hydrogen-bond donors (Lipinski definition) is 1. The minimum absolute atomic E-state index is 0.138. The zero-order chi connectivity index (χ0) is 18.4. The number of halogens is 1. The first-order valence-electron chi connectivity index (χ1n) is 8.80. The maximum atomic E-state index is 9.77. The molecule has 25 heavy (non-hydrogen) atoms. The van der Waals surface area contributed by atoms with E-state index in [2.05, 4.69) is 80.6 Å². The first-order valence-corrected chi connectivity index (χ1v) is 9.87. The van der Waals surface area contributed by atoms with E-state index in [9.17, 15) is 5.21 Å². The lowest BCUT2D eigenvalue weighted by molar-refractivity contribution is 0.319. The van der Waals surface area contributed by atoms with E-state index < -0.39 is 0 Å². The van der Waals surface area contributed by atoms with Gasteiger partial charge in [0.05, 0.1) is 0 Å². The summed E-state index contributed by atoms with van der Waals surface area (Å²) in [6.07, 6.45) is 2.37. The minimum Gasteiger partial charge on any atom is -0.410 e. The third-order valence-corrected chi connectivity index (χ3v) is 6.32. The van der Waals surface area contributed by atoms with E-state index >= 15 is 0 Å². The van der Waals surface area contributed by atoms with Crippen molar-refractivity contribution >= 4 is 28.3 Å². The van der Waals surface area contributed by atoms with Gasteiger partial charge in [-0.05, 0) is 88.1 Å². The van der Waals surface area contributed by atoms with E-state index in [1.165, 1.54) is 24.0 Å². The molecule has 0 aliphatic heterocycles. The normalized spacial score (nSPS) is 18.7. The second kappa shape index (κ2) is 6.42. The van der Waals surface area contributed by atoms with E-state index in [0.717, 1.165) is 20.3 Å². The maximum absolute atomic E-state index is 9.77. The van der Waals surface area contributed by atoms with Crippen molar-refractivity contribution in [1.82, 2.24) is 0 Å². The smallest absolute Gasteiger partial charge is 0.117 e. The molecule has 0 amide bonds. The Labute approximate surface area is 164 Å². The summed E-state index contributed by atoms with van der Waals surface area (Å²) in [4.78, 5) is 0. The summed E-state index contributed by atoms with van der Waals surface area (Å²) in [5.41, 5.74) is 6.93. The average Bonchev–Trinajstić information content (AvgIpc) is 2.54. The largest absolute Gasteiger partial charge is 0.410 e. The fourth-order valence-electron chi connectivity index (χ4n) is 3.88. The zero-order valence-electron chi connectivity index (χ0n) is 15.7. The van der Waals surface area contributed by atoms with E-state index in [1.54, 1.807) is 0 Å². The van der Waals surface area contributed by atoms with Gasteiger partial charge in [0.1, 0.15) is 5.71 Å². The van der Waals surface area contributed by atoms with Gasteiger partial charge in [-0.1, -0.05) is 51.0 Å². The molecule has 0 fully saturated rings. The van der Waals surface area contributed by atoms with Crippen molar-refractivity contribution in [2.75, 3.05) is 0 Å². The van der Waals surface area contributed by atoms with Gasteiger partial charge in [0.25, 0.3) is 0 Å². The molecule has 0 heterocycles. The lowest BCUT2D eigenvalue weighted by atomic mass is 9.62. The van der Waals surface area contributed by atoms with Crippen molar-refractivity contribution in [2.24, 2.45) is 5.16 Å². The molecule has 0 saturated carbocycles. The fourth-order valence-corrected chi connectivity index (χ4v) is 4.42. The molecule has 2 nitrogen and oxygen atoms in total. The summed E-state index contributed by atoms with van der Waals surface area (Å²) in [7, 11) is 0. The van der Waals surface area contributed by atoms with E-state index in [4.69, 9.17) is 0 Å². The molecule has 1 aliphatic carbocycles. The van der Waals surface area contributed by atoms with Crippen LogP contribution in [0.5, 0.6) is 0 Å². The van der Waals surface area contributed by atoms with E-state index in [1.807, 2.05) is 18.2 Å². The van der Waals surface area contributed by atoms with Crippen molar-refractivity contribution < 1.29 is 5.21 Å². The van der Waals surface area contributed by atoms with Crippen LogP contribution in [0.25, 0.3) is 0 Å². The van der Waals surface area contributed by atoms with Gasteiger partial charge in [0.2, 0.25) is 0 Å². The maximum Gasteiger partial charge on any atom is 0.117 e. The van der Waals surface area contributed by atoms with Gasteiger partial charge < -0.3 is 5.21 Å². The van der Waals surface area contributed by atoms with Crippen LogP contribution in [0, 0.1) is 10.5 Å². The molecule has 1 N–H and O–H groups in total. The average molecular weight is 447 g/mol. The van der Waals surface area contributed by atoms with Crippen molar-refractivity contribution in [3.63, 3.8) is 0 Å². The van der Waals surface area contributed by atoms with Gasteiger partial charge >= 0.3 is 0 Å². The second-order valence-corrected chi connectivity index (χ2v) is 9.69. The monoisotopic (exact) mass is 447 g/mol. The van der Waals surface area contributed by atoms with Crippen LogP contribution in [0.2, 0.25) is 0 Å². The molecule has 3 heteroatoms. The van der Waals surface area contributed by atoms with Gasteiger partial charge in [-0.15, -0.1) is 0 Å². The molecular formula is C22H26INO. The number of fused-ring (bicyclic) bond motifs is 1. The van der Waals surface area contributed by atoms with Gasteiger partial charge in [-0.2, -0.15) is 0 Å². The summed E-state index contributed by atoms with van der Waals surface area (Å²) in [6, 6.07) is 12.7. The zero-order valence-corrected chi connectivity index (χ0v) is 17.8. The number of aryl methyl sites for hydroxylation is 1. The Kier molecular flexibility index (Phi) is 4.73. The number of hydrogen-bond acceptors (Lipinski definition) is 2. The van der Waals surface area contributed by atoms with Crippen LogP contribution in [0.3, 0.4) is 0 Å². The van der Waals surface area contributed by atoms with Crippen LogP contribution in [0.1, 0.15) is 68.4 Å². The van der Waals surface area contributed by atoms with Crippen molar-refractivity contribution in [2.45, 2.75) is 58.3 Å². The van der Waals surface area contributed by atoms with Crippen molar-refractivity contribution in [3.05, 3.63) is 67.8 Å². The van der Waals surface area contributed by atoms with Crippen LogP contribution in [-0.4, -0.2) is 10.9 Å². The Morgan fingerprint density at radius 3 is 2.16 bits per heavy atom. The van der Waals surface area contributed by atoms with Crippen LogP contribution in [-0.2, 0) is 10.8 Å². The molecule has 0 atom stereocenters. The first-order chi connectivity index (χ1) is 11.7. The Bertz CT molecular complexity index is 849. The Balaban J connectivity index is 2.22.